The summed E-state index contributed by atoms with van der Waals surface area (Å²) in [6.45, 7) is 0. The number of H-pyrrole nitrogens is 1. The molecule has 0 spiro atoms. The zero-order valence-electron chi connectivity index (χ0n) is 6.86. The van der Waals surface area contributed by atoms with E-state index in [1.165, 1.54) is 12.1 Å². The predicted octanol–water partition coefficient (Wildman–Crippen LogP) is 0.980. The highest BCUT2D eigenvalue weighted by Gasteiger charge is 2.51. The molecule has 2 aliphatic rings. The van der Waals surface area contributed by atoms with Crippen molar-refractivity contribution in [2.75, 3.05) is 0 Å². The highest BCUT2D eigenvalue weighted by atomic mass is 15.2. The van der Waals surface area contributed by atoms with E-state index in [1.807, 2.05) is 6.20 Å². The van der Waals surface area contributed by atoms with Crippen molar-refractivity contribution in [3.63, 3.8) is 0 Å². The fourth-order valence-electron chi connectivity index (χ4n) is 2.22. The summed E-state index contributed by atoms with van der Waals surface area (Å²) in [5.41, 5.74) is 1.20. The predicted molar refractivity (Wildman–Crippen MR) is 44.6 cm³/mol. The molecular formula is C9H7N4. The maximum Gasteiger partial charge on any atom is 0.212 e. The van der Waals surface area contributed by atoms with Crippen LogP contribution in [0.4, 0.5) is 0 Å². The second-order valence-corrected chi connectivity index (χ2v) is 3.66. The zero-order valence-corrected chi connectivity index (χ0v) is 6.86. The number of aromatic nitrogens is 4. The van der Waals surface area contributed by atoms with Crippen molar-refractivity contribution in [3.05, 3.63) is 30.1 Å². The van der Waals surface area contributed by atoms with Gasteiger partial charge >= 0.3 is 0 Å². The molecule has 2 unspecified atom stereocenters. The van der Waals surface area contributed by atoms with Crippen molar-refractivity contribution in [1.82, 2.24) is 19.5 Å². The Morgan fingerprint density at radius 2 is 2.54 bits per heavy atom. The van der Waals surface area contributed by atoms with Gasteiger partial charge in [0.2, 0.25) is 5.95 Å². The lowest BCUT2D eigenvalue weighted by Crippen LogP contribution is -2.00. The lowest BCUT2D eigenvalue weighted by molar-refractivity contribution is 0.866. The molecular weight excluding hydrogens is 164 g/mol. The van der Waals surface area contributed by atoms with Crippen LogP contribution in [0.3, 0.4) is 0 Å². The molecule has 2 aromatic rings. The first-order chi connectivity index (χ1) is 6.45. The Bertz CT molecular complexity index is 442. The largest absolute Gasteiger partial charge is 0.330 e. The van der Waals surface area contributed by atoms with Crippen molar-refractivity contribution in [2.45, 2.75) is 18.3 Å². The van der Waals surface area contributed by atoms with Gasteiger partial charge in [0.1, 0.15) is 12.0 Å². The maximum atomic E-state index is 4.26. The van der Waals surface area contributed by atoms with Crippen molar-refractivity contribution in [3.8, 4) is 5.95 Å². The third-order valence-corrected chi connectivity index (χ3v) is 2.92. The highest BCUT2D eigenvalue weighted by Crippen LogP contribution is 2.59. The van der Waals surface area contributed by atoms with Gasteiger partial charge in [-0.2, -0.15) is 0 Å². The second-order valence-electron chi connectivity index (χ2n) is 3.66. The summed E-state index contributed by atoms with van der Waals surface area (Å²) < 4.78 is 2.10. The minimum absolute atomic E-state index is 0.668. The van der Waals surface area contributed by atoms with Crippen molar-refractivity contribution in [2.24, 2.45) is 0 Å². The molecule has 4 nitrogen and oxygen atoms in total. The average molecular weight is 171 g/mol. The van der Waals surface area contributed by atoms with E-state index in [2.05, 4.69) is 25.7 Å². The first-order valence-electron chi connectivity index (χ1n) is 4.45. The summed E-state index contributed by atoms with van der Waals surface area (Å²) in [5, 5.41) is 0. The second kappa shape index (κ2) is 1.69. The molecule has 0 aromatic carbocycles. The number of hydrogen-bond acceptors (Lipinski definition) is 2. The van der Waals surface area contributed by atoms with Crippen LogP contribution in [0.1, 0.15) is 29.8 Å². The van der Waals surface area contributed by atoms with Crippen LogP contribution in [0.2, 0.25) is 0 Å². The van der Waals surface area contributed by atoms with Crippen LogP contribution in [0.25, 0.3) is 5.95 Å². The molecule has 1 radical (unpaired) electrons. The first-order valence-corrected chi connectivity index (χ1v) is 4.45. The van der Waals surface area contributed by atoms with Crippen LogP contribution in [-0.4, -0.2) is 19.5 Å². The molecule has 2 bridgehead atoms. The molecule has 1 saturated carbocycles. The SMILES string of the molecule is [c]1nc2n(-c3ncc[nH]3)c1C1CC21. The number of aromatic amines is 1. The molecule has 1 aliphatic heterocycles. The van der Waals surface area contributed by atoms with Gasteiger partial charge in [0.15, 0.2) is 0 Å². The van der Waals surface area contributed by atoms with Crippen LogP contribution in [0.5, 0.6) is 0 Å². The van der Waals surface area contributed by atoms with E-state index < -0.39 is 0 Å². The van der Waals surface area contributed by atoms with Crippen LogP contribution < -0.4 is 0 Å². The average Bonchev–Trinajstić information content (AvgIpc) is 2.61. The van der Waals surface area contributed by atoms with Crippen molar-refractivity contribution < 1.29 is 0 Å². The van der Waals surface area contributed by atoms with Gasteiger partial charge in [-0.25, -0.2) is 9.97 Å². The number of rotatable bonds is 1. The van der Waals surface area contributed by atoms with Crippen molar-refractivity contribution in [1.29, 1.82) is 0 Å². The summed E-state index contributed by atoms with van der Waals surface area (Å²) in [5.74, 6) is 3.37. The highest BCUT2D eigenvalue weighted by molar-refractivity contribution is 5.40. The number of hydrogen-bond donors (Lipinski definition) is 1. The molecule has 1 aliphatic carbocycles. The molecule has 2 aromatic heterocycles. The van der Waals surface area contributed by atoms with Gasteiger partial charge in [0.05, 0.1) is 5.69 Å². The van der Waals surface area contributed by atoms with Crippen LogP contribution >= 0.6 is 0 Å². The van der Waals surface area contributed by atoms with Gasteiger partial charge in [0.25, 0.3) is 0 Å². The number of nitrogens with one attached hydrogen (secondary N) is 1. The molecule has 0 amide bonds. The van der Waals surface area contributed by atoms with Gasteiger partial charge in [-0.3, -0.25) is 4.57 Å². The van der Waals surface area contributed by atoms with Crippen LogP contribution in [0.15, 0.2) is 12.4 Å². The lowest BCUT2D eigenvalue weighted by Gasteiger charge is -2.01. The van der Waals surface area contributed by atoms with E-state index in [9.17, 15) is 0 Å². The Labute approximate surface area is 74.6 Å². The quantitative estimate of drug-likeness (QED) is 0.695. The summed E-state index contributed by atoms with van der Waals surface area (Å²) >= 11 is 0. The summed E-state index contributed by atoms with van der Waals surface area (Å²) in [6, 6.07) is 0. The van der Waals surface area contributed by atoms with E-state index in [-0.39, 0.29) is 0 Å². The topological polar surface area (TPSA) is 46.5 Å². The van der Waals surface area contributed by atoms with Crippen LogP contribution in [-0.2, 0) is 0 Å². The fourth-order valence-corrected chi connectivity index (χ4v) is 2.22. The minimum atomic E-state index is 0.668. The third-order valence-electron chi connectivity index (χ3n) is 2.92. The Morgan fingerprint density at radius 3 is 3.23 bits per heavy atom. The molecule has 2 atom stereocenters. The summed E-state index contributed by atoms with van der Waals surface area (Å²) in [4.78, 5) is 11.6. The van der Waals surface area contributed by atoms with E-state index in [1.54, 1.807) is 6.20 Å². The number of nitrogens with zero attached hydrogens (tertiary/aromatic N) is 3. The van der Waals surface area contributed by atoms with Gasteiger partial charge in [-0.05, 0) is 6.42 Å². The monoisotopic (exact) mass is 171 g/mol. The maximum absolute atomic E-state index is 4.26. The summed E-state index contributed by atoms with van der Waals surface area (Å²) in [6.07, 6.45) is 7.92. The van der Waals surface area contributed by atoms with Crippen molar-refractivity contribution >= 4 is 0 Å². The van der Waals surface area contributed by atoms with Gasteiger partial charge in [-0.1, -0.05) is 0 Å². The molecule has 1 N–H and O–H groups in total. The number of imidazole rings is 2. The molecule has 0 saturated heterocycles. The Kier molecular flexibility index (Phi) is 0.773. The number of fused-ring (bicyclic) bond motifs is 5. The molecule has 63 valence electrons. The van der Waals surface area contributed by atoms with E-state index in [4.69, 9.17) is 0 Å². The van der Waals surface area contributed by atoms with E-state index >= 15 is 0 Å². The zero-order chi connectivity index (χ0) is 8.41. The molecule has 4 heteroatoms. The van der Waals surface area contributed by atoms with E-state index in [0.717, 1.165) is 11.8 Å². The Hall–Kier alpha value is -1.58. The fraction of sp³-hybridized carbons (Fsp3) is 0.333. The molecule has 3 heterocycles. The van der Waals surface area contributed by atoms with Gasteiger partial charge in [-0.15, -0.1) is 0 Å². The normalized spacial score (nSPS) is 27.7. The van der Waals surface area contributed by atoms with Gasteiger partial charge < -0.3 is 4.98 Å². The van der Waals surface area contributed by atoms with Crippen LogP contribution in [0, 0.1) is 6.20 Å². The molecule has 4 rings (SSSR count). The van der Waals surface area contributed by atoms with E-state index in [0.29, 0.717) is 11.8 Å². The smallest absolute Gasteiger partial charge is 0.212 e. The van der Waals surface area contributed by atoms with Gasteiger partial charge in [0, 0.05) is 24.2 Å². The third kappa shape index (κ3) is 0.557. The first kappa shape index (κ1) is 5.96. The standard InChI is InChI=1S/C9H7N4/c1-2-11-9(10-1)13-7-4-12-8(13)6-3-5(6)7/h1-2,5-6H,3H2,(H,10,11). The lowest BCUT2D eigenvalue weighted by atomic mass is 10.3. The molecule has 1 fully saturated rings. The Morgan fingerprint density at radius 1 is 1.54 bits per heavy atom. The molecule has 13 heavy (non-hydrogen) atoms. The minimum Gasteiger partial charge on any atom is -0.330 e. The summed E-state index contributed by atoms with van der Waals surface area (Å²) in [7, 11) is 0. The Balaban J connectivity index is 2.02.